The standard InChI is InChI=1S/C20H17N3O2S2/c1-11-12(2)27-19-17(11)18(25)22-20(23-19)26-10-16(24)21-15-8-7-13-5-3-4-6-14(13)9-15/h3-9H,10H2,1-2H3,(H,21,24)(H,22,23,25). The van der Waals surface area contributed by atoms with E-state index in [2.05, 4.69) is 15.3 Å². The highest BCUT2D eigenvalue weighted by Crippen LogP contribution is 2.27. The van der Waals surface area contributed by atoms with Gasteiger partial charge in [0.2, 0.25) is 5.91 Å². The first-order valence-electron chi connectivity index (χ1n) is 8.43. The Morgan fingerprint density at radius 1 is 1.19 bits per heavy atom. The van der Waals surface area contributed by atoms with E-state index in [0.29, 0.717) is 15.4 Å². The number of nitrogens with zero attached hydrogens (tertiary/aromatic N) is 1. The van der Waals surface area contributed by atoms with Gasteiger partial charge in [-0.05, 0) is 42.3 Å². The Balaban J connectivity index is 1.47. The molecule has 1 amide bonds. The van der Waals surface area contributed by atoms with Gasteiger partial charge < -0.3 is 10.3 Å². The molecule has 0 aliphatic carbocycles. The lowest BCUT2D eigenvalue weighted by Gasteiger charge is -2.06. The van der Waals surface area contributed by atoms with E-state index >= 15 is 0 Å². The number of amides is 1. The Morgan fingerprint density at radius 2 is 1.96 bits per heavy atom. The van der Waals surface area contributed by atoms with E-state index in [9.17, 15) is 9.59 Å². The second-order valence-corrected chi connectivity index (χ2v) is 8.40. The number of carbonyl (C=O) groups excluding carboxylic acids is 1. The van der Waals surface area contributed by atoms with Gasteiger partial charge in [-0.3, -0.25) is 9.59 Å². The van der Waals surface area contributed by atoms with Gasteiger partial charge in [-0.25, -0.2) is 4.98 Å². The molecule has 0 saturated carbocycles. The number of rotatable bonds is 4. The van der Waals surface area contributed by atoms with Crippen LogP contribution in [0.3, 0.4) is 0 Å². The summed E-state index contributed by atoms with van der Waals surface area (Å²) in [6.07, 6.45) is 0. The third kappa shape index (κ3) is 3.61. The fraction of sp³-hybridized carbons (Fsp3) is 0.150. The number of aromatic amines is 1. The molecule has 0 atom stereocenters. The zero-order valence-electron chi connectivity index (χ0n) is 14.8. The summed E-state index contributed by atoms with van der Waals surface area (Å²) in [7, 11) is 0. The summed E-state index contributed by atoms with van der Waals surface area (Å²) in [5, 5.41) is 6.19. The summed E-state index contributed by atoms with van der Waals surface area (Å²) >= 11 is 2.72. The summed E-state index contributed by atoms with van der Waals surface area (Å²) in [5.41, 5.74) is 1.56. The number of thioether (sulfide) groups is 1. The number of hydrogen-bond acceptors (Lipinski definition) is 5. The summed E-state index contributed by atoms with van der Waals surface area (Å²) < 4.78 is 0. The van der Waals surface area contributed by atoms with Crippen molar-refractivity contribution in [2.24, 2.45) is 0 Å². The molecule has 5 nitrogen and oxygen atoms in total. The van der Waals surface area contributed by atoms with Crippen molar-refractivity contribution in [3.63, 3.8) is 0 Å². The van der Waals surface area contributed by atoms with Crippen molar-refractivity contribution in [1.29, 1.82) is 0 Å². The minimum atomic E-state index is -0.153. The van der Waals surface area contributed by atoms with Gasteiger partial charge in [-0.2, -0.15) is 0 Å². The minimum absolute atomic E-state index is 0.142. The minimum Gasteiger partial charge on any atom is -0.325 e. The SMILES string of the molecule is Cc1sc2nc(SCC(=O)Nc3ccc4ccccc4c3)[nH]c(=O)c2c1C. The van der Waals surface area contributed by atoms with Crippen LogP contribution in [0.1, 0.15) is 10.4 Å². The van der Waals surface area contributed by atoms with Crippen molar-refractivity contribution in [2.75, 3.05) is 11.1 Å². The molecule has 0 radical (unpaired) electrons. The highest BCUT2D eigenvalue weighted by Gasteiger charge is 2.13. The lowest BCUT2D eigenvalue weighted by Crippen LogP contribution is -2.15. The van der Waals surface area contributed by atoms with Crippen LogP contribution in [0.25, 0.3) is 21.0 Å². The number of aromatic nitrogens is 2. The first-order chi connectivity index (χ1) is 13.0. The van der Waals surface area contributed by atoms with E-state index in [-0.39, 0.29) is 17.2 Å². The van der Waals surface area contributed by atoms with E-state index in [1.165, 1.54) is 23.1 Å². The van der Waals surface area contributed by atoms with Gasteiger partial charge in [0.05, 0.1) is 11.1 Å². The maximum absolute atomic E-state index is 12.3. The van der Waals surface area contributed by atoms with Crippen molar-refractivity contribution >= 4 is 55.7 Å². The Hall–Kier alpha value is -2.64. The first-order valence-corrected chi connectivity index (χ1v) is 10.2. The van der Waals surface area contributed by atoms with Crippen LogP contribution in [0.15, 0.2) is 52.4 Å². The lowest BCUT2D eigenvalue weighted by molar-refractivity contribution is -0.113. The number of anilines is 1. The van der Waals surface area contributed by atoms with E-state index in [1.807, 2.05) is 56.3 Å². The molecule has 2 aromatic carbocycles. The number of hydrogen-bond donors (Lipinski definition) is 2. The number of H-pyrrole nitrogens is 1. The number of fused-ring (bicyclic) bond motifs is 2. The monoisotopic (exact) mass is 395 g/mol. The highest BCUT2D eigenvalue weighted by atomic mass is 32.2. The zero-order chi connectivity index (χ0) is 19.0. The summed E-state index contributed by atoms with van der Waals surface area (Å²) in [6.45, 7) is 3.90. The van der Waals surface area contributed by atoms with Gasteiger partial charge in [0.25, 0.3) is 5.56 Å². The molecule has 0 aliphatic rings. The molecule has 0 spiro atoms. The summed E-state index contributed by atoms with van der Waals surface area (Å²) in [5.74, 6) is 0.0292. The molecular weight excluding hydrogens is 378 g/mol. The Kier molecular flexibility index (Phi) is 4.72. The van der Waals surface area contributed by atoms with Crippen LogP contribution in [0.2, 0.25) is 0 Å². The van der Waals surface area contributed by atoms with E-state index in [0.717, 1.165) is 26.9 Å². The highest BCUT2D eigenvalue weighted by molar-refractivity contribution is 7.99. The largest absolute Gasteiger partial charge is 0.325 e. The Morgan fingerprint density at radius 3 is 2.78 bits per heavy atom. The predicted molar refractivity (Wildman–Crippen MR) is 113 cm³/mol. The van der Waals surface area contributed by atoms with Crippen molar-refractivity contribution in [1.82, 2.24) is 9.97 Å². The van der Waals surface area contributed by atoms with Crippen LogP contribution >= 0.6 is 23.1 Å². The number of carbonyl (C=O) groups is 1. The number of nitrogens with one attached hydrogen (secondary N) is 2. The van der Waals surface area contributed by atoms with Crippen LogP contribution in [-0.4, -0.2) is 21.6 Å². The van der Waals surface area contributed by atoms with Gasteiger partial charge in [0, 0.05) is 10.6 Å². The van der Waals surface area contributed by atoms with Crippen molar-refractivity contribution in [2.45, 2.75) is 19.0 Å². The molecule has 2 aromatic heterocycles. The van der Waals surface area contributed by atoms with Gasteiger partial charge in [-0.15, -0.1) is 11.3 Å². The van der Waals surface area contributed by atoms with Crippen LogP contribution in [-0.2, 0) is 4.79 Å². The van der Waals surface area contributed by atoms with Crippen LogP contribution in [0.4, 0.5) is 5.69 Å². The van der Waals surface area contributed by atoms with Crippen LogP contribution in [0.5, 0.6) is 0 Å². The van der Waals surface area contributed by atoms with Crippen molar-refractivity contribution in [3.05, 3.63) is 63.3 Å². The number of thiophene rings is 1. The maximum Gasteiger partial charge on any atom is 0.260 e. The van der Waals surface area contributed by atoms with Crippen LogP contribution < -0.4 is 10.9 Å². The normalized spacial score (nSPS) is 11.2. The van der Waals surface area contributed by atoms with Gasteiger partial charge >= 0.3 is 0 Å². The lowest BCUT2D eigenvalue weighted by atomic mass is 10.1. The molecule has 0 fully saturated rings. The average molecular weight is 396 g/mol. The second-order valence-electron chi connectivity index (χ2n) is 6.23. The molecule has 2 heterocycles. The molecule has 0 bridgehead atoms. The average Bonchev–Trinajstić information content (AvgIpc) is 2.94. The molecule has 2 N–H and O–H groups in total. The Bertz CT molecular complexity index is 1230. The number of benzene rings is 2. The smallest absolute Gasteiger partial charge is 0.260 e. The van der Waals surface area contributed by atoms with Gasteiger partial charge in [0.15, 0.2) is 5.16 Å². The van der Waals surface area contributed by atoms with Crippen LogP contribution in [0, 0.1) is 13.8 Å². The zero-order valence-corrected chi connectivity index (χ0v) is 16.5. The van der Waals surface area contributed by atoms with Crippen molar-refractivity contribution in [3.8, 4) is 0 Å². The molecule has 4 rings (SSSR count). The molecule has 136 valence electrons. The molecule has 27 heavy (non-hydrogen) atoms. The topological polar surface area (TPSA) is 74.8 Å². The summed E-state index contributed by atoms with van der Waals surface area (Å²) in [6, 6.07) is 13.8. The molecule has 7 heteroatoms. The van der Waals surface area contributed by atoms with Crippen molar-refractivity contribution < 1.29 is 4.79 Å². The number of aryl methyl sites for hydroxylation is 2. The third-order valence-corrected chi connectivity index (χ3v) is 6.36. The summed E-state index contributed by atoms with van der Waals surface area (Å²) in [4.78, 5) is 33.6. The quantitative estimate of drug-likeness (QED) is 0.394. The maximum atomic E-state index is 12.3. The first kappa shape index (κ1) is 17.8. The third-order valence-electron chi connectivity index (χ3n) is 4.39. The fourth-order valence-electron chi connectivity index (χ4n) is 2.90. The predicted octanol–water partition coefficient (Wildman–Crippen LogP) is 4.49. The van der Waals surface area contributed by atoms with Gasteiger partial charge in [0.1, 0.15) is 4.83 Å². The Labute approximate surface area is 163 Å². The van der Waals surface area contributed by atoms with Gasteiger partial charge in [-0.1, -0.05) is 42.1 Å². The van der Waals surface area contributed by atoms with E-state index in [1.54, 1.807) is 0 Å². The fourth-order valence-corrected chi connectivity index (χ4v) is 4.65. The molecule has 0 aliphatic heterocycles. The molecule has 0 saturated heterocycles. The van der Waals surface area contributed by atoms with E-state index < -0.39 is 0 Å². The van der Waals surface area contributed by atoms with E-state index in [4.69, 9.17) is 0 Å². The molecule has 0 unspecified atom stereocenters. The molecule has 4 aromatic rings. The second kappa shape index (κ2) is 7.17. The molecular formula is C20H17N3O2S2.